The second-order valence-corrected chi connectivity index (χ2v) is 5.27. The molecule has 0 radical (unpaired) electrons. The summed E-state index contributed by atoms with van der Waals surface area (Å²) in [5.74, 6) is 0.700. The zero-order valence-electron chi connectivity index (χ0n) is 12.5. The SMILES string of the molecule is C=CCN(CC=C)C(=O)CN1CCCC(C)C1CN.Cl. The summed E-state index contributed by atoms with van der Waals surface area (Å²) in [6.45, 7) is 12.8. The van der Waals surface area contributed by atoms with Gasteiger partial charge in [0.25, 0.3) is 0 Å². The number of carbonyl (C=O) groups is 1. The molecule has 2 atom stereocenters. The molecule has 0 aromatic heterocycles. The minimum atomic E-state index is 0. The first-order valence-corrected chi connectivity index (χ1v) is 7.07. The van der Waals surface area contributed by atoms with Gasteiger partial charge in [-0.1, -0.05) is 19.1 Å². The Balaban J connectivity index is 0.00000361. The third-order valence-electron chi connectivity index (χ3n) is 3.86. The molecule has 1 fully saturated rings. The number of hydrogen-bond acceptors (Lipinski definition) is 3. The van der Waals surface area contributed by atoms with Crippen LogP contribution >= 0.6 is 12.4 Å². The maximum Gasteiger partial charge on any atom is 0.237 e. The maximum atomic E-state index is 12.3. The van der Waals surface area contributed by atoms with E-state index in [9.17, 15) is 4.79 Å². The summed E-state index contributed by atoms with van der Waals surface area (Å²) in [5.41, 5.74) is 5.85. The van der Waals surface area contributed by atoms with Crippen LogP contribution < -0.4 is 5.73 Å². The quantitative estimate of drug-likeness (QED) is 0.728. The van der Waals surface area contributed by atoms with E-state index in [-0.39, 0.29) is 18.3 Å². The first kappa shape index (κ1) is 19.2. The van der Waals surface area contributed by atoms with Gasteiger partial charge in [0.1, 0.15) is 0 Å². The lowest BCUT2D eigenvalue weighted by atomic mass is 9.91. The zero-order valence-corrected chi connectivity index (χ0v) is 13.3. The number of nitrogens with zero attached hydrogens (tertiary/aromatic N) is 2. The molecule has 4 nitrogen and oxygen atoms in total. The van der Waals surface area contributed by atoms with Crippen LogP contribution in [0.1, 0.15) is 19.8 Å². The summed E-state index contributed by atoms with van der Waals surface area (Å²) < 4.78 is 0. The summed E-state index contributed by atoms with van der Waals surface area (Å²) in [5, 5.41) is 0. The first-order valence-electron chi connectivity index (χ1n) is 7.07. The smallest absolute Gasteiger partial charge is 0.237 e. The topological polar surface area (TPSA) is 49.6 Å². The molecular formula is C15H28ClN3O. The number of nitrogens with two attached hydrogens (primary N) is 1. The van der Waals surface area contributed by atoms with E-state index in [0.717, 1.165) is 13.0 Å². The van der Waals surface area contributed by atoms with Gasteiger partial charge in [0.15, 0.2) is 0 Å². The largest absolute Gasteiger partial charge is 0.334 e. The summed E-state index contributed by atoms with van der Waals surface area (Å²) in [6, 6.07) is 0.326. The van der Waals surface area contributed by atoms with E-state index in [1.807, 2.05) is 0 Å². The molecule has 0 bridgehead atoms. The molecule has 20 heavy (non-hydrogen) atoms. The fourth-order valence-electron chi connectivity index (χ4n) is 2.78. The van der Waals surface area contributed by atoms with Crippen molar-refractivity contribution in [3.8, 4) is 0 Å². The summed E-state index contributed by atoms with van der Waals surface area (Å²) >= 11 is 0. The maximum absolute atomic E-state index is 12.3. The fourth-order valence-corrected chi connectivity index (χ4v) is 2.78. The van der Waals surface area contributed by atoms with Crippen LogP contribution in [0.2, 0.25) is 0 Å². The number of hydrogen-bond donors (Lipinski definition) is 1. The molecule has 0 aliphatic carbocycles. The minimum Gasteiger partial charge on any atom is -0.334 e. The molecule has 1 heterocycles. The van der Waals surface area contributed by atoms with Crippen molar-refractivity contribution in [2.75, 3.05) is 32.7 Å². The van der Waals surface area contributed by atoms with E-state index in [1.54, 1.807) is 17.1 Å². The standard InChI is InChI=1S/C15H27N3O.ClH/c1-4-8-17(9-5-2)15(19)12-18-10-6-7-13(3)14(18)11-16;/h4-5,13-14H,1-2,6-12,16H2,3H3;1H. The Morgan fingerprint density at radius 1 is 1.40 bits per heavy atom. The third kappa shape index (κ3) is 5.27. The lowest BCUT2D eigenvalue weighted by Gasteiger charge is -2.39. The van der Waals surface area contributed by atoms with Gasteiger partial charge in [0.2, 0.25) is 5.91 Å². The molecule has 1 aliphatic heterocycles. The summed E-state index contributed by atoms with van der Waals surface area (Å²) in [6.07, 6.45) is 5.85. The molecule has 5 heteroatoms. The third-order valence-corrected chi connectivity index (χ3v) is 3.86. The van der Waals surface area contributed by atoms with Gasteiger partial charge < -0.3 is 10.6 Å². The molecule has 2 N–H and O–H groups in total. The summed E-state index contributed by atoms with van der Waals surface area (Å²) in [7, 11) is 0. The van der Waals surface area contributed by atoms with Crippen molar-refractivity contribution in [3.05, 3.63) is 25.3 Å². The second-order valence-electron chi connectivity index (χ2n) is 5.27. The second kappa shape index (κ2) is 9.97. The van der Waals surface area contributed by atoms with Gasteiger partial charge in [-0.15, -0.1) is 25.6 Å². The van der Waals surface area contributed by atoms with E-state index in [4.69, 9.17) is 5.73 Å². The van der Waals surface area contributed by atoms with Gasteiger partial charge in [-0.3, -0.25) is 9.69 Å². The molecule has 116 valence electrons. The molecule has 0 aromatic carbocycles. The lowest BCUT2D eigenvalue weighted by Crippen LogP contribution is -2.52. The van der Waals surface area contributed by atoms with Crippen molar-refractivity contribution >= 4 is 18.3 Å². The predicted octanol–water partition coefficient (Wildman–Crippen LogP) is 1.67. The van der Waals surface area contributed by atoms with Gasteiger partial charge in [0, 0.05) is 25.7 Å². The van der Waals surface area contributed by atoms with Crippen molar-refractivity contribution in [1.82, 2.24) is 9.80 Å². The van der Waals surface area contributed by atoms with Crippen LogP contribution in [-0.4, -0.2) is 54.5 Å². The Labute approximate surface area is 129 Å². The Kier molecular flexibility index (Phi) is 9.55. The van der Waals surface area contributed by atoms with Crippen molar-refractivity contribution in [1.29, 1.82) is 0 Å². The van der Waals surface area contributed by atoms with Crippen LogP contribution in [0, 0.1) is 5.92 Å². The van der Waals surface area contributed by atoms with Crippen LogP contribution in [0.15, 0.2) is 25.3 Å². The van der Waals surface area contributed by atoms with E-state index in [0.29, 0.717) is 38.1 Å². The van der Waals surface area contributed by atoms with Crippen molar-refractivity contribution in [2.24, 2.45) is 11.7 Å². The number of amides is 1. The predicted molar refractivity (Wildman–Crippen MR) is 87.0 cm³/mol. The molecule has 1 amide bonds. The molecule has 1 rings (SSSR count). The minimum absolute atomic E-state index is 0. The lowest BCUT2D eigenvalue weighted by molar-refractivity contribution is -0.132. The number of carbonyl (C=O) groups excluding carboxylic acids is 1. The van der Waals surface area contributed by atoms with E-state index < -0.39 is 0 Å². The van der Waals surface area contributed by atoms with Gasteiger partial charge in [-0.25, -0.2) is 0 Å². The molecule has 2 unspecified atom stereocenters. The molecular weight excluding hydrogens is 274 g/mol. The van der Waals surface area contributed by atoms with Crippen LogP contribution in [0.4, 0.5) is 0 Å². The average Bonchev–Trinajstić information content (AvgIpc) is 2.38. The Bertz CT molecular complexity index is 312. The highest BCUT2D eigenvalue weighted by atomic mass is 35.5. The van der Waals surface area contributed by atoms with Crippen LogP contribution in [0.3, 0.4) is 0 Å². The highest BCUT2D eigenvalue weighted by Crippen LogP contribution is 2.22. The molecule has 0 spiro atoms. The highest BCUT2D eigenvalue weighted by molar-refractivity contribution is 5.85. The van der Waals surface area contributed by atoms with Gasteiger partial charge >= 0.3 is 0 Å². The summed E-state index contributed by atoms with van der Waals surface area (Å²) in [4.78, 5) is 16.3. The number of piperidine rings is 1. The Morgan fingerprint density at radius 2 is 2.00 bits per heavy atom. The fraction of sp³-hybridized carbons (Fsp3) is 0.667. The highest BCUT2D eigenvalue weighted by Gasteiger charge is 2.29. The molecule has 1 saturated heterocycles. The van der Waals surface area contributed by atoms with E-state index in [1.165, 1.54) is 6.42 Å². The molecule has 0 saturated carbocycles. The number of rotatable bonds is 7. The zero-order chi connectivity index (χ0) is 14.3. The molecule has 1 aliphatic rings. The Hall–Kier alpha value is -0.840. The van der Waals surface area contributed by atoms with Crippen molar-refractivity contribution < 1.29 is 4.79 Å². The number of halogens is 1. The molecule has 0 aromatic rings. The van der Waals surface area contributed by atoms with Crippen LogP contribution in [-0.2, 0) is 4.79 Å². The van der Waals surface area contributed by atoms with Gasteiger partial charge in [-0.05, 0) is 25.3 Å². The Morgan fingerprint density at radius 3 is 2.50 bits per heavy atom. The average molecular weight is 302 g/mol. The monoisotopic (exact) mass is 301 g/mol. The van der Waals surface area contributed by atoms with Crippen LogP contribution in [0.25, 0.3) is 0 Å². The van der Waals surface area contributed by atoms with Crippen molar-refractivity contribution in [3.63, 3.8) is 0 Å². The van der Waals surface area contributed by atoms with Gasteiger partial charge in [-0.2, -0.15) is 0 Å². The van der Waals surface area contributed by atoms with E-state index >= 15 is 0 Å². The van der Waals surface area contributed by atoms with Gasteiger partial charge in [0.05, 0.1) is 6.54 Å². The normalized spacial score (nSPS) is 22.7. The van der Waals surface area contributed by atoms with Crippen LogP contribution in [0.5, 0.6) is 0 Å². The van der Waals surface area contributed by atoms with E-state index in [2.05, 4.69) is 25.0 Å². The van der Waals surface area contributed by atoms with Crippen molar-refractivity contribution in [2.45, 2.75) is 25.8 Å². The number of likely N-dealkylation sites (tertiary alicyclic amines) is 1. The first-order chi connectivity index (χ1) is 9.13.